The molecular formula is C23H25NO. The standard InChI is InChI=1S/C23H25NO/c1-3-9-20(10-4-1)13-8-17-24-22-14-7-15-23(19-22)25-18-16-21-11-5-2-6-12-21/h1-7,9-12,14-15,19,24H,8,13,16-18H2. The summed E-state index contributed by atoms with van der Waals surface area (Å²) in [4.78, 5) is 0. The lowest BCUT2D eigenvalue weighted by Crippen LogP contribution is -2.04. The van der Waals surface area contributed by atoms with Crippen LogP contribution in [0, 0.1) is 0 Å². The summed E-state index contributed by atoms with van der Waals surface area (Å²) in [5.41, 5.74) is 3.81. The van der Waals surface area contributed by atoms with Crippen molar-refractivity contribution in [2.24, 2.45) is 0 Å². The molecule has 0 fully saturated rings. The third-order valence-corrected chi connectivity index (χ3v) is 4.15. The highest BCUT2D eigenvalue weighted by Gasteiger charge is 1.98. The molecule has 0 unspecified atom stereocenters. The minimum Gasteiger partial charge on any atom is -0.493 e. The zero-order valence-electron chi connectivity index (χ0n) is 14.5. The van der Waals surface area contributed by atoms with Crippen LogP contribution in [0.2, 0.25) is 0 Å². The Morgan fingerprint density at radius 1 is 0.680 bits per heavy atom. The molecule has 0 aromatic heterocycles. The first kappa shape index (κ1) is 17.1. The van der Waals surface area contributed by atoms with Gasteiger partial charge in [0.1, 0.15) is 5.75 Å². The molecule has 0 aliphatic rings. The summed E-state index contributed by atoms with van der Waals surface area (Å²) in [5.74, 6) is 0.920. The van der Waals surface area contributed by atoms with Crippen LogP contribution in [-0.2, 0) is 12.8 Å². The van der Waals surface area contributed by atoms with Crippen molar-refractivity contribution < 1.29 is 4.74 Å². The lowest BCUT2D eigenvalue weighted by molar-refractivity contribution is 0.322. The number of hydrogen-bond acceptors (Lipinski definition) is 2. The summed E-state index contributed by atoms with van der Waals surface area (Å²) < 4.78 is 5.89. The third kappa shape index (κ3) is 6.00. The molecule has 25 heavy (non-hydrogen) atoms. The first-order valence-corrected chi connectivity index (χ1v) is 8.95. The van der Waals surface area contributed by atoms with Crippen LogP contribution in [0.15, 0.2) is 84.9 Å². The fraction of sp³-hybridized carbons (Fsp3) is 0.217. The van der Waals surface area contributed by atoms with E-state index < -0.39 is 0 Å². The normalized spacial score (nSPS) is 10.4. The quantitative estimate of drug-likeness (QED) is 0.533. The number of rotatable bonds is 9. The number of anilines is 1. The van der Waals surface area contributed by atoms with Gasteiger partial charge in [-0.05, 0) is 36.1 Å². The fourth-order valence-corrected chi connectivity index (χ4v) is 2.80. The Kier molecular flexibility index (Phi) is 6.52. The average molecular weight is 331 g/mol. The van der Waals surface area contributed by atoms with Crippen LogP contribution in [0.5, 0.6) is 5.75 Å². The van der Waals surface area contributed by atoms with Gasteiger partial charge in [0.2, 0.25) is 0 Å². The van der Waals surface area contributed by atoms with E-state index in [-0.39, 0.29) is 0 Å². The molecule has 2 heteroatoms. The number of benzene rings is 3. The Bertz CT molecular complexity index is 740. The molecule has 0 radical (unpaired) electrons. The molecule has 0 aliphatic carbocycles. The molecule has 3 aromatic carbocycles. The second-order valence-corrected chi connectivity index (χ2v) is 6.13. The first-order chi connectivity index (χ1) is 12.4. The summed E-state index contributed by atoms with van der Waals surface area (Å²) in [5, 5.41) is 3.48. The van der Waals surface area contributed by atoms with E-state index in [0.717, 1.165) is 37.2 Å². The van der Waals surface area contributed by atoms with Crippen molar-refractivity contribution >= 4 is 5.69 Å². The molecule has 2 nitrogen and oxygen atoms in total. The van der Waals surface area contributed by atoms with Gasteiger partial charge in [-0.15, -0.1) is 0 Å². The molecule has 0 amide bonds. The summed E-state index contributed by atoms with van der Waals surface area (Å²) in [6, 6.07) is 29.3. The molecule has 0 aliphatic heterocycles. The van der Waals surface area contributed by atoms with Crippen LogP contribution < -0.4 is 10.1 Å². The zero-order chi connectivity index (χ0) is 17.2. The molecule has 3 aromatic rings. The van der Waals surface area contributed by atoms with Gasteiger partial charge in [-0.2, -0.15) is 0 Å². The lowest BCUT2D eigenvalue weighted by Gasteiger charge is -2.10. The zero-order valence-corrected chi connectivity index (χ0v) is 14.5. The van der Waals surface area contributed by atoms with Gasteiger partial charge in [0.05, 0.1) is 6.61 Å². The molecule has 3 rings (SSSR count). The summed E-state index contributed by atoms with van der Waals surface area (Å²) in [7, 11) is 0. The summed E-state index contributed by atoms with van der Waals surface area (Å²) >= 11 is 0. The van der Waals surface area contributed by atoms with Crippen molar-refractivity contribution in [1.29, 1.82) is 0 Å². The second kappa shape index (κ2) is 9.53. The van der Waals surface area contributed by atoms with Crippen LogP contribution >= 0.6 is 0 Å². The fourth-order valence-electron chi connectivity index (χ4n) is 2.80. The SMILES string of the molecule is c1ccc(CCCNc2cccc(OCCc3ccccc3)c2)cc1. The molecular weight excluding hydrogens is 306 g/mol. The predicted molar refractivity (Wildman–Crippen MR) is 105 cm³/mol. The third-order valence-electron chi connectivity index (χ3n) is 4.15. The minimum absolute atomic E-state index is 0.696. The van der Waals surface area contributed by atoms with Crippen LogP contribution in [0.3, 0.4) is 0 Å². The van der Waals surface area contributed by atoms with Crippen molar-refractivity contribution in [3.05, 3.63) is 96.1 Å². The van der Waals surface area contributed by atoms with E-state index in [1.165, 1.54) is 11.1 Å². The molecule has 0 saturated carbocycles. The van der Waals surface area contributed by atoms with Gasteiger partial charge in [-0.3, -0.25) is 0 Å². The monoisotopic (exact) mass is 331 g/mol. The van der Waals surface area contributed by atoms with E-state index in [1.807, 2.05) is 18.2 Å². The van der Waals surface area contributed by atoms with Crippen LogP contribution in [-0.4, -0.2) is 13.2 Å². The Balaban J connectivity index is 1.40. The van der Waals surface area contributed by atoms with Gasteiger partial charge >= 0.3 is 0 Å². The molecule has 0 bridgehead atoms. The Labute approximate surface area is 150 Å². The summed E-state index contributed by atoms with van der Waals surface area (Å²) in [6.07, 6.45) is 3.14. The van der Waals surface area contributed by atoms with E-state index in [9.17, 15) is 0 Å². The molecule has 0 spiro atoms. The highest BCUT2D eigenvalue weighted by atomic mass is 16.5. The highest BCUT2D eigenvalue weighted by Crippen LogP contribution is 2.18. The van der Waals surface area contributed by atoms with E-state index in [0.29, 0.717) is 6.61 Å². The molecule has 0 atom stereocenters. The lowest BCUT2D eigenvalue weighted by atomic mass is 10.1. The van der Waals surface area contributed by atoms with Crippen LogP contribution in [0.4, 0.5) is 5.69 Å². The van der Waals surface area contributed by atoms with E-state index in [1.54, 1.807) is 0 Å². The maximum Gasteiger partial charge on any atom is 0.121 e. The predicted octanol–water partition coefficient (Wildman–Crippen LogP) is 5.35. The van der Waals surface area contributed by atoms with Crippen molar-refractivity contribution in [2.45, 2.75) is 19.3 Å². The largest absolute Gasteiger partial charge is 0.493 e. The Hall–Kier alpha value is -2.74. The summed E-state index contributed by atoms with van der Waals surface area (Å²) in [6.45, 7) is 1.66. The highest BCUT2D eigenvalue weighted by molar-refractivity contribution is 5.48. The van der Waals surface area contributed by atoms with Crippen LogP contribution in [0.25, 0.3) is 0 Å². The van der Waals surface area contributed by atoms with Crippen LogP contribution in [0.1, 0.15) is 17.5 Å². The van der Waals surface area contributed by atoms with Gasteiger partial charge in [0, 0.05) is 24.7 Å². The van der Waals surface area contributed by atoms with Gasteiger partial charge in [0.15, 0.2) is 0 Å². The molecule has 1 N–H and O–H groups in total. The Morgan fingerprint density at radius 2 is 1.36 bits per heavy atom. The maximum atomic E-state index is 5.89. The van der Waals surface area contributed by atoms with Gasteiger partial charge in [-0.25, -0.2) is 0 Å². The van der Waals surface area contributed by atoms with Crippen molar-refractivity contribution in [3.8, 4) is 5.75 Å². The Morgan fingerprint density at radius 3 is 2.08 bits per heavy atom. The molecule has 128 valence electrons. The number of nitrogens with one attached hydrogen (secondary N) is 1. The van der Waals surface area contributed by atoms with E-state index in [4.69, 9.17) is 4.74 Å². The second-order valence-electron chi connectivity index (χ2n) is 6.13. The topological polar surface area (TPSA) is 21.3 Å². The number of hydrogen-bond donors (Lipinski definition) is 1. The number of ether oxygens (including phenoxy) is 1. The smallest absolute Gasteiger partial charge is 0.121 e. The number of aryl methyl sites for hydroxylation is 1. The van der Waals surface area contributed by atoms with Crippen molar-refractivity contribution in [1.82, 2.24) is 0 Å². The average Bonchev–Trinajstić information content (AvgIpc) is 2.67. The van der Waals surface area contributed by atoms with Gasteiger partial charge in [-0.1, -0.05) is 66.7 Å². The van der Waals surface area contributed by atoms with Gasteiger partial charge < -0.3 is 10.1 Å². The first-order valence-electron chi connectivity index (χ1n) is 8.95. The van der Waals surface area contributed by atoms with Crippen molar-refractivity contribution in [2.75, 3.05) is 18.5 Å². The maximum absolute atomic E-state index is 5.89. The van der Waals surface area contributed by atoms with E-state index in [2.05, 4.69) is 72.0 Å². The van der Waals surface area contributed by atoms with Gasteiger partial charge in [0.25, 0.3) is 0 Å². The van der Waals surface area contributed by atoms with E-state index >= 15 is 0 Å². The molecule has 0 saturated heterocycles. The van der Waals surface area contributed by atoms with Crippen molar-refractivity contribution in [3.63, 3.8) is 0 Å². The molecule has 0 heterocycles. The minimum atomic E-state index is 0.696.